The molecule has 0 bridgehead atoms. The van der Waals surface area contributed by atoms with E-state index in [-0.39, 0.29) is 0 Å². The molecule has 0 fully saturated rings. The highest BCUT2D eigenvalue weighted by molar-refractivity contribution is 7.10. The van der Waals surface area contributed by atoms with Crippen LogP contribution in [0.5, 0.6) is 5.75 Å². The maximum atomic E-state index is 8.95. The summed E-state index contributed by atoms with van der Waals surface area (Å²) in [7, 11) is 0. The van der Waals surface area contributed by atoms with Gasteiger partial charge in [-0.2, -0.15) is 5.26 Å². The standard InChI is InChI=1S/C12H12N4OS/c1-2-14-12-10(15-16-18-12)8-17-11-6-4-3-5-9(11)7-13/h3-6,14H,2,8H2,1H3. The molecule has 0 spiro atoms. The fourth-order valence-corrected chi connectivity index (χ4v) is 2.06. The Morgan fingerprint density at radius 3 is 3.06 bits per heavy atom. The Kier molecular flexibility index (Phi) is 4.10. The lowest BCUT2D eigenvalue weighted by Gasteiger charge is -2.07. The fraction of sp³-hybridized carbons (Fsp3) is 0.250. The zero-order valence-electron chi connectivity index (χ0n) is 9.88. The predicted octanol–water partition coefficient (Wildman–Crippen LogP) is 2.42. The molecule has 0 aliphatic heterocycles. The van der Waals surface area contributed by atoms with Gasteiger partial charge in [-0.25, -0.2) is 0 Å². The van der Waals surface area contributed by atoms with Crippen LogP contribution in [-0.4, -0.2) is 16.1 Å². The van der Waals surface area contributed by atoms with Crippen molar-refractivity contribution in [2.45, 2.75) is 13.5 Å². The minimum atomic E-state index is 0.303. The minimum Gasteiger partial charge on any atom is -0.486 e. The maximum Gasteiger partial charge on any atom is 0.137 e. The van der Waals surface area contributed by atoms with Crippen molar-refractivity contribution in [1.82, 2.24) is 9.59 Å². The molecule has 1 heterocycles. The first-order valence-corrected chi connectivity index (χ1v) is 6.29. The number of anilines is 1. The average molecular weight is 260 g/mol. The van der Waals surface area contributed by atoms with Crippen LogP contribution in [0.3, 0.4) is 0 Å². The number of ether oxygens (including phenoxy) is 1. The normalized spacial score (nSPS) is 9.78. The molecule has 1 aromatic heterocycles. The lowest BCUT2D eigenvalue weighted by molar-refractivity contribution is 0.301. The topological polar surface area (TPSA) is 70.8 Å². The number of aromatic nitrogens is 2. The first kappa shape index (κ1) is 12.3. The van der Waals surface area contributed by atoms with Gasteiger partial charge in [0.05, 0.1) is 5.56 Å². The van der Waals surface area contributed by atoms with Gasteiger partial charge in [0.25, 0.3) is 0 Å². The summed E-state index contributed by atoms with van der Waals surface area (Å²) in [5.41, 5.74) is 1.28. The van der Waals surface area contributed by atoms with Gasteiger partial charge >= 0.3 is 0 Å². The lowest BCUT2D eigenvalue weighted by Crippen LogP contribution is -2.02. The third-order valence-corrected chi connectivity index (χ3v) is 2.99. The van der Waals surface area contributed by atoms with Crippen LogP contribution >= 0.6 is 11.5 Å². The lowest BCUT2D eigenvalue weighted by atomic mass is 10.2. The summed E-state index contributed by atoms with van der Waals surface area (Å²) in [5.74, 6) is 0.565. The van der Waals surface area contributed by atoms with E-state index < -0.39 is 0 Å². The average Bonchev–Trinajstić information content (AvgIpc) is 2.84. The van der Waals surface area contributed by atoms with E-state index in [1.54, 1.807) is 18.2 Å². The highest BCUT2D eigenvalue weighted by Crippen LogP contribution is 2.22. The highest BCUT2D eigenvalue weighted by Gasteiger charge is 2.09. The third-order valence-electron chi connectivity index (χ3n) is 2.26. The van der Waals surface area contributed by atoms with Crippen LogP contribution in [0.2, 0.25) is 0 Å². The molecule has 0 aliphatic carbocycles. The zero-order chi connectivity index (χ0) is 12.8. The summed E-state index contributed by atoms with van der Waals surface area (Å²) in [5, 5.41) is 17.0. The predicted molar refractivity (Wildman–Crippen MR) is 69.6 cm³/mol. The van der Waals surface area contributed by atoms with Crippen LogP contribution in [0.25, 0.3) is 0 Å². The van der Waals surface area contributed by atoms with Gasteiger partial charge in [-0.1, -0.05) is 16.6 Å². The van der Waals surface area contributed by atoms with E-state index in [1.807, 2.05) is 13.0 Å². The third kappa shape index (κ3) is 2.76. The molecule has 2 aromatic rings. The van der Waals surface area contributed by atoms with E-state index in [1.165, 1.54) is 11.5 Å². The Morgan fingerprint density at radius 1 is 1.44 bits per heavy atom. The van der Waals surface area contributed by atoms with E-state index in [4.69, 9.17) is 10.00 Å². The summed E-state index contributed by atoms with van der Waals surface area (Å²) in [6.45, 7) is 3.12. The van der Waals surface area contributed by atoms with Crippen LogP contribution < -0.4 is 10.1 Å². The van der Waals surface area contributed by atoms with E-state index in [0.717, 1.165) is 17.2 Å². The second-order valence-electron chi connectivity index (χ2n) is 3.48. The number of hydrogen-bond acceptors (Lipinski definition) is 6. The van der Waals surface area contributed by atoms with Crippen molar-refractivity contribution in [1.29, 1.82) is 5.26 Å². The second kappa shape index (κ2) is 5.98. The number of rotatable bonds is 5. The largest absolute Gasteiger partial charge is 0.486 e. The Labute approximate surface area is 109 Å². The SMILES string of the molecule is CCNc1snnc1COc1ccccc1C#N. The summed E-state index contributed by atoms with van der Waals surface area (Å²) in [4.78, 5) is 0. The minimum absolute atomic E-state index is 0.303. The van der Waals surface area contributed by atoms with Gasteiger partial charge < -0.3 is 10.1 Å². The molecule has 18 heavy (non-hydrogen) atoms. The van der Waals surface area contributed by atoms with Gasteiger partial charge in [0.15, 0.2) is 0 Å². The molecule has 1 N–H and O–H groups in total. The number of nitrogens with one attached hydrogen (secondary N) is 1. The Morgan fingerprint density at radius 2 is 2.28 bits per heavy atom. The van der Waals surface area contributed by atoms with Gasteiger partial charge in [0.1, 0.15) is 29.1 Å². The zero-order valence-corrected chi connectivity index (χ0v) is 10.7. The molecule has 2 rings (SSSR count). The van der Waals surface area contributed by atoms with Crippen molar-refractivity contribution < 1.29 is 4.74 Å². The fourth-order valence-electron chi connectivity index (χ4n) is 1.43. The molecule has 1 aromatic carbocycles. The van der Waals surface area contributed by atoms with Gasteiger partial charge in [-0.3, -0.25) is 0 Å². The van der Waals surface area contributed by atoms with Crippen LogP contribution in [0.1, 0.15) is 18.2 Å². The summed E-state index contributed by atoms with van der Waals surface area (Å²) >= 11 is 1.30. The molecule has 0 unspecified atom stereocenters. The monoisotopic (exact) mass is 260 g/mol. The van der Waals surface area contributed by atoms with Crippen LogP contribution in [-0.2, 0) is 6.61 Å². The van der Waals surface area contributed by atoms with E-state index in [9.17, 15) is 0 Å². The van der Waals surface area contributed by atoms with Crippen LogP contribution in [0.4, 0.5) is 5.00 Å². The van der Waals surface area contributed by atoms with Gasteiger partial charge in [0.2, 0.25) is 0 Å². The van der Waals surface area contributed by atoms with Gasteiger partial charge in [-0.05, 0) is 19.1 Å². The van der Waals surface area contributed by atoms with Crippen molar-refractivity contribution in [2.24, 2.45) is 0 Å². The van der Waals surface area contributed by atoms with E-state index in [0.29, 0.717) is 17.9 Å². The maximum absolute atomic E-state index is 8.95. The number of hydrogen-bond donors (Lipinski definition) is 1. The summed E-state index contributed by atoms with van der Waals surface area (Å²) < 4.78 is 9.48. The van der Waals surface area contributed by atoms with Crippen LogP contribution in [0, 0.1) is 11.3 Å². The molecule has 0 saturated heterocycles. The van der Waals surface area contributed by atoms with Crippen molar-refractivity contribution in [3.05, 3.63) is 35.5 Å². The quantitative estimate of drug-likeness (QED) is 0.894. The first-order chi connectivity index (χ1) is 8.85. The molecular formula is C12H12N4OS. The summed E-state index contributed by atoms with van der Waals surface area (Å²) in [6.07, 6.45) is 0. The molecule has 0 radical (unpaired) electrons. The van der Waals surface area contributed by atoms with Crippen LogP contribution in [0.15, 0.2) is 24.3 Å². The second-order valence-corrected chi connectivity index (χ2v) is 4.23. The van der Waals surface area contributed by atoms with Crippen molar-refractivity contribution in [3.63, 3.8) is 0 Å². The Bertz CT molecular complexity index is 561. The Hall–Kier alpha value is -2.13. The number of nitriles is 1. The molecule has 6 heteroatoms. The van der Waals surface area contributed by atoms with Crippen molar-refractivity contribution in [3.8, 4) is 11.8 Å². The number of nitrogens with zero attached hydrogens (tertiary/aromatic N) is 3. The number of para-hydroxylation sites is 1. The molecule has 0 saturated carbocycles. The van der Waals surface area contributed by atoms with Gasteiger partial charge in [-0.15, -0.1) is 5.10 Å². The Balaban J connectivity index is 2.07. The first-order valence-electron chi connectivity index (χ1n) is 5.52. The van der Waals surface area contributed by atoms with E-state index >= 15 is 0 Å². The van der Waals surface area contributed by atoms with E-state index in [2.05, 4.69) is 21.0 Å². The summed E-state index contributed by atoms with van der Waals surface area (Å²) in [6, 6.07) is 9.22. The van der Waals surface area contributed by atoms with Gasteiger partial charge in [0, 0.05) is 18.1 Å². The molecule has 0 atom stereocenters. The highest BCUT2D eigenvalue weighted by atomic mass is 32.1. The van der Waals surface area contributed by atoms with Crippen molar-refractivity contribution >= 4 is 16.5 Å². The molecule has 0 amide bonds. The smallest absolute Gasteiger partial charge is 0.137 e. The molecule has 92 valence electrons. The molecule has 5 nitrogen and oxygen atoms in total. The van der Waals surface area contributed by atoms with Crippen molar-refractivity contribution in [2.75, 3.05) is 11.9 Å². The molecule has 0 aliphatic rings. The number of benzene rings is 1. The molecular weight excluding hydrogens is 248 g/mol.